The van der Waals surface area contributed by atoms with Gasteiger partial charge in [-0.3, -0.25) is 0 Å². The molecule has 3 aromatic carbocycles. The van der Waals surface area contributed by atoms with Crippen LogP contribution in [0, 0.1) is 0 Å². The normalized spacial score (nSPS) is 17.3. The van der Waals surface area contributed by atoms with E-state index < -0.39 is 52.5 Å². The molecule has 0 heterocycles. The van der Waals surface area contributed by atoms with Crippen molar-refractivity contribution in [2.24, 2.45) is 0 Å². The topological polar surface area (TPSA) is 188 Å². The first-order valence-corrected chi connectivity index (χ1v) is 9.79. The molecule has 0 saturated heterocycles. The van der Waals surface area contributed by atoms with Crippen molar-refractivity contribution in [3.8, 4) is 46.0 Å². The van der Waals surface area contributed by atoms with Gasteiger partial charge in [-0.25, -0.2) is 4.79 Å². The fourth-order valence-corrected chi connectivity index (χ4v) is 4.05. The van der Waals surface area contributed by atoms with Gasteiger partial charge in [-0.05, 0) is 47.9 Å². The number of carbonyl (C=O) groups excluding carboxylic acids is 1. The van der Waals surface area contributed by atoms with Gasteiger partial charge < -0.3 is 45.6 Å². The van der Waals surface area contributed by atoms with E-state index in [1.54, 1.807) is 0 Å². The second-order valence-electron chi connectivity index (χ2n) is 7.83. The Morgan fingerprint density at radius 1 is 0.697 bits per heavy atom. The number of fused-ring (bicyclic) bond motifs is 1. The molecule has 1 aliphatic rings. The lowest BCUT2D eigenvalue weighted by Gasteiger charge is -2.33. The minimum absolute atomic E-state index is 0.00367. The van der Waals surface area contributed by atoms with E-state index in [9.17, 15) is 45.6 Å². The van der Waals surface area contributed by atoms with E-state index in [-0.39, 0.29) is 29.9 Å². The van der Waals surface area contributed by atoms with Gasteiger partial charge in [0, 0.05) is 24.0 Å². The van der Waals surface area contributed by atoms with E-state index in [0.29, 0.717) is 16.7 Å². The van der Waals surface area contributed by atoms with Crippen molar-refractivity contribution in [1.82, 2.24) is 0 Å². The Balaban J connectivity index is 1.75. The third-order valence-corrected chi connectivity index (χ3v) is 5.68. The van der Waals surface area contributed by atoms with Crippen LogP contribution in [0.25, 0.3) is 0 Å². The molecule has 0 bridgehead atoms. The summed E-state index contributed by atoms with van der Waals surface area (Å²) >= 11 is 0. The van der Waals surface area contributed by atoms with Gasteiger partial charge in [0.25, 0.3) is 0 Å². The molecule has 10 nitrogen and oxygen atoms in total. The van der Waals surface area contributed by atoms with Crippen molar-refractivity contribution in [2.45, 2.75) is 24.9 Å². The van der Waals surface area contributed by atoms with Gasteiger partial charge in [0.15, 0.2) is 34.5 Å². The molecular weight excluding hydrogens is 436 g/mol. The van der Waals surface area contributed by atoms with E-state index in [1.165, 1.54) is 18.2 Å². The van der Waals surface area contributed by atoms with E-state index in [4.69, 9.17) is 4.74 Å². The molecule has 0 aromatic heterocycles. The van der Waals surface area contributed by atoms with Crippen molar-refractivity contribution in [3.63, 3.8) is 0 Å². The highest BCUT2D eigenvalue weighted by Gasteiger charge is 2.35. The Hall–Kier alpha value is -4.47. The molecule has 172 valence electrons. The summed E-state index contributed by atoms with van der Waals surface area (Å²) in [5.41, 5.74) is 1.03. The molecule has 0 radical (unpaired) electrons. The summed E-state index contributed by atoms with van der Waals surface area (Å²) in [7, 11) is 0. The molecule has 2 atom stereocenters. The molecule has 0 saturated carbocycles. The quantitative estimate of drug-likeness (QED) is 0.215. The number of hydrogen-bond donors (Lipinski definition) is 8. The first kappa shape index (κ1) is 21.8. The molecule has 0 aliphatic heterocycles. The van der Waals surface area contributed by atoms with Crippen molar-refractivity contribution in [3.05, 3.63) is 58.7 Å². The van der Waals surface area contributed by atoms with Crippen LogP contribution in [0.15, 0.2) is 36.4 Å². The largest absolute Gasteiger partial charge is 0.508 e. The zero-order valence-electron chi connectivity index (χ0n) is 16.9. The maximum absolute atomic E-state index is 12.8. The highest BCUT2D eigenvalue weighted by atomic mass is 16.5. The summed E-state index contributed by atoms with van der Waals surface area (Å²) in [5, 5.41) is 78.6. The molecular formula is C23H20O10. The summed E-state index contributed by atoms with van der Waals surface area (Å²) in [6.45, 7) is 0. The van der Waals surface area contributed by atoms with Gasteiger partial charge in [0.2, 0.25) is 0 Å². The Labute approximate surface area is 186 Å². The zero-order valence-corrected chi connectivity index (χ0v) is 16.9. The zero-order chi connectivity index (χ0) is 24.0. The second kappa shape index (κ2) is 7.90. The molecule has 2 unspecified atom stereocenters. The molecule has 1 aliphatic carbocycles. The lowest BCUT2D eigenvalue weighted by Crippen LogP contribution is -2.33. The molecule has 10 heteroatoms. The Morgan fingerprint density at radius 3 is 1.82 bits per heavy atom. The van der Waals surface area contributed by atoms with E-state index in [2.05, 4.69) is 0 Å². The van der Waals surface area contributed by atoms with E-state index in [0.717, 1.165) is 18.2 Å². The minimum atomic E-state index is -0.957. The molecule has 0 spiro atoms. The third-order valence-electron chi connectivity index (χ3n) is 5.68. The monoisotopic (exact) mass is 456 g/mol. The summed E-state index contributed by atoms with van der Waals surface area (Å²) < 4.78 is 5.60. The lowest BCUT2D eigenvalue weighted by molar-refractivity contribution is 0.0212. The van der Waals surface area contributed by atoms with Crippen LogP contribution < -0.4 is 0 Å². The fourth-order valence-electron chi connectivity index (χ4n) is 4.05. The van der Waals surface area contributed by atoms with Gasteiger partial charge in [-0.1, -0.05) is 0 Å². The molecule has 4 rings (SSSR count). The Kier molecular flexibility index (Phi) is 5.21. The highest BCUT2D eigenvalue weighted by molar-refractivity contribution is 5.91. The van der Waals surface area contributed by atoms with Gasteiger partial charge >= 0.3 is 5.97 Å². The summed E-state index contributed by atoms with van der Waals surface area (Å²) in [5.74, 6) is -6.16. The molecule has 0 fully saturated rings. The average Bonchev–Trinajstić information content (AvgIpc) is 2.75. The van der Waals surface area contributed by atoms with Gasteiger partial charge in [0.05, 0.1) is 5.56 Å². The van der Waals surface area contributed by atoms with Crippen LogP contribution in [0.3, 0.4) is 0 Å². The highest BCUT2D eigenvalue weighted by Crippen LogP contribution is 2.44. The van der Waals surface area contributed by atoms with Gasteiger partial charge in [0.1, 0.15) is 17.6 Å². The SMILES string of the molecule is O=C(OC1Cc2c(O)cc(O)cc2CC1c1cc(O)c(O)c(O)c1)c1cc(O)c(O)c(O)c1. The van der Waals surface area contributed by atoms with Crippen LogP contribution in [-0.4, -0.2) is 52.9 Å². The number of phenolic OH excluding ortho intramolecular Hbond substituents is 8. The van der Waals surface area contributed by atoms with Crippen LogP contribution in [0.1, 0.15) is 33.0 Å². The Morgan fingerprint density at radius 2 is 1.24 bits per heavy atom. The maximum Gasteiger partial charge on any atom is 0.338 e. The number of benzene rings is 3. The molecule has 33 heavy (non-hydrogen) atoms. The summed E-state index contributed by atoms with van der Waals surface area (Å²) in [4.78, 5) is 12.8. The number of aromatic hydroxyl groups is 8. The number of hydrogen-bond acceptors (Lipinski definition) is 10. The molecule has 3 aromatic rings. The number of carbonyl (C=O) groups is 1. The van der Waals surface area contributed by atoms with Gasteiger partial charge in [-0.15, -0.1) is 0 Å². The predicted octanol–water partition coefficient (Wildman–Crippen LogP) is 2.44. The maximum atomic E-state index is 12.8. The first-order chi connectivity index (χ1) is 15.5. The summed E-state index contributed by atoms with van der Waals surface area (Å²) in [6, 6.07) is 6.81. The second-order valence-corrected chi connectivity index (χ2v) is 7.83. The number of esters is 1. The average molecular weight is 456 g/mol. The van der Waals surface area contributed by atoms with Crippen molar-refractivity contribution in [2.75, 3.05) is 0 Å². The van der Waals surface area contributed by atoms with Crippen LogP contribution in [0.5, 0.6) is 46.0 Å². The van der Waals surface area contributed by atoms with Crippen LogP contribution in [-0.2, 0) is 17.6 Å². The number of rotatable bonds is 3. The third kappa shape index (κ3) is 3.93. The van der Waals surface area contributed by atoms with E-state index >= 15 is 0 Å². The number of ether oxygens (including phenoxy) is 1. The first-order valence-electron chi connectivity index (χ1n) is 9.79. The molecule has 0 amide bonds. The standard InChI is InChI=1S/C23H20O10/c24-12-1-9-2-14(10-3-16(26)21(30)17(27)4-10)20(8-13(9)15(25)7-12)33-23(32)11-5-18(28)22(31)19(29)6-11/h1,3-7,14,20,24-31H,2,8H2. The van der Waals surface area contributed by atoms with Crippen LogP contribution in [0.4, 0.5) is 0 Å². The fraction of sp³-hybridized carbons (Fsp3) is 0.174. The van der Waals surface area contributed by atoms with E-state index in [1.807, 2.05) is 0 Å². The van der Waals surface area contributed by atoms with Crippen molar-refractivity contribution in [1.29, 1.82) is 0 Å². The van der Waals surface area contributed by atoms with Crippen molar-refractivity contribution < 1.29 is 50.4 Å². The predicted molar refractivity (Wildman–Crippen MR) is 112 cm³/mol. The summed E-state index contributed by atoms with van der Waals surface area (Å²) in [6.07, 6.45) is -0.830. The molecule has 8 N–H and O–H groups in total. The van der Waals surface area contributed by atoms with Gasteiger partial charge in [-0.2, -0.15) is 0 Å². The smallest absolute Gasteiger partial charge is 0.338 e. The minimum Gasteiger partial charge on any atom is -0.508 e. The number of phenols is 8. The van der Waals surface area contributed by atoms with Crippen LogP contribution >= 0.6 is 0 Å². The Bertz CT molecular complexity index is 1220. The lowest BCUT2D eigenvalue weighted by atomic mass is 9.77. The van der Waals surface area contributed by atoms with Crippen LogP contribution in [0.2, 0.25) is 0 Å². The van der Waals surface area contributed by atoms with Crippen molar-refractivity contribution >= 4 is 5.97 Å².